The van der Waals surface area contributed by atoms with Crippen molar-refractivity contribution in [1.82, 2.24) is 10.6 Å². The summed E-state index contributed by atoms with van der Waals surface area (Å²) in [5.41, 5.74) is 5.13. The highest BCUT2D eigenvalue weighted by molar-refractivity contribution is 5.87. The lowest BCUT2D eigenvalue weighted by atomic mass is 9.98. The molecule has 0 saturated heterocycles. The summed E-state index contributed by atoms with van der Waals surface area (Å²) in [4.78, 5) is 36.3. The molecule has 0 aromatic heterocycles. The summed E-state index contributed by atoms with van der Waals surface area (Å²) in [6.45, 7) is 0.472. The number of hydrogen-bond acceptors (Lipinski definition) is 4. The number of alkyl carbamates (subject to hydrolysis) is 1. The number of fused-ring (bicyclic) bond motifs is 3. The number of aliphatic carboxylic acids is 1. The average Bonchev–Trinajstić information content (AvgIpc) is 3.19. The van der Waals surface area contributed by atoms with Gasteiger partial charge in [-0.3, -0.25) is 9.59 Å². The predicted octanol–water partition coefficient (Wildman–Crippen LogP) is 4.64. The number of ether oxygens (including phenoxy) is 1. The van der Waals surface area contributed by atoms with Gasteiger partial charge >= 0.3 is 12.1 Å². The first-order valence-electron chi connectivity index (χ1n) is 11.7. The van der Waals surface area contributed by atoms with Crippen molar-refractivity contribution in [3.8, 4) is 11.1 Å². The quantitative estimate of drug-likeness (QED) is 0.373. The topological polar surface area (TPSA) is 105 Å². The Morgan fingerprint density at radius 3 is 2.06 bits per heavy atom. The molecule has 3 aromatic rings. The van der Waals surface area contributed by atoms with Crippen LogP contribution >= 0.6 is 0 Å². The molecule has 3 N–H and O–H groups in total. The molecule has 0 saturated carbocycles. The molecule has 3 aromatic carbocycles. The van der Waals surface area contributed by atoms with E-state index in [-0.39, 0.29) is 24.9 Å². The fraction of sp³-hybridized carbons (Fsp3) is 0.250. The monoisotopic (exact) mass is 472 g/mol. The van der Waals surface area contributed by atoms with Gasteiger partial charge in [-0.2, -0.15) is 0 Å². The lowest BCUT2D eigenvalue weighted by Crippen LogP contribution is -2.41. The fourth-order valence-electron chi connectivity index (χ4n) is 4.42. The Balaban J connectivity index is 1.39. The van der Waals surface area contributed by atoms with Crippen LogP contribution in [0.4, 0.5) is 4.79 Å². The van der Waals surface area contributed by atoms with E-state index in [1.165, 1.54) is 0 Å². The van der Waals surface area contributed by atoms with Gasteiger partial charge < -0.3 is 20.5 Å². The molecule has 0 fully saturated rings. The molecule has 35 heavy (non-hydrogen) atoms. The first-order valence-corrected chi connectivity index (χ1v) is 11.7. The highest BCUT2D eigenvalue weighted by Gasteiger charge is 2.30. The molecule has 1 aliphatic rings. The number of rotatable bonds is 10. The molecule has 7 heteroatoms. The second-order valence-electron chi connectivity index (χ2n) is 8.46. The van der Waals surface area contributed by atoms with Crippen LogP contribution in [0.2, 0.25) is 0 Å². The molecule has 0 spiro atoms. The van der Waals surface area contributed by atoms with Crippen LogP contribution in [0.15, 0.2) is 78.9 Å². The maximum Gasteiger partial charge on any atom is 0.408 e. The van der Waals surface area contributed by atoms with Crippen LogP contribution in [-0.2, 0) is 14.3 Å². The van der Waals surface area contributed by atoms with Gasteiger partial charge in [0.15, 0.2) is 0 Å². The van der Waals surface area contributed by atoms with E-state index in [9.17, 15) is 14.4 Å². The Labute approximate surface area is 204 Å². The number of amides is 2. The van der Waals surface area contributed by atoms with Gasteiger partial charge in [0, 0.05) is 18.9 Å². The van der Waals surface area contributed by atoms with Crippen molar-refractivity contribution in [2.45, 2.75) is 31.2 Å². The summed E-state index contributed by atoms with van der Waals surface area (Å²) < 4.78 is 5.62. The average molecular weight is 473 g/mol. The minimum absolute atomic E-state index is 0.0516. The van der Waals surface area contributed by atoms with Crippen molar-refractivity contribution in [2.75, 3.05) is 13.2 Å². The van der Waals surface area contributed by atoms with Crippen molar-refractivity contribution in [1.29, 1.82) is 0 Å². The van der Waals surface area contributed by atoms with E-state index >= 15 is 0 Å². The molecule has 0 bridgehead atoms. The first kappa shape index (κ1) is 24.0. The molecule has 1 atom stereocenters. The van der Waals surface area contributed by atoms with Crippen molar-refractivity contribution < 1.29 is 24.2 Å². The molecule has 2 amide bonds. The highest BCUT2D eigenvalue weighted by Crippen LogP contribution is 2.44. The lowest BCUT2D eigenvalue weighted by Gasteiger charge is -2.20. The Bertz CT molecular complexity index is 1150. The largest absolute Gasteiger partial charge is 0.481 e. The van der Waals surface area contributed by atoms with Gasteiger partial charge in [0.1, 0.15) is 12.6 Å². The maximum absolute atomic E-state index is 12.9. The molecule has 1 aliphatic carbocycles. The van der Waals surface area contributed by atoms with E-state index < -0.39 is 18.1 Å². The third-order valence-corrected chi connectivity index (χ3v) is 6.12. The zero-order chi connectivity index (χ0) is 24.6. The van der Waals surface area contributed by atoms with E-state index in [1.807, 2.05) is 42.5 Å². The number of unbranched alkanes of at least 4 members (excludes halogenated alkanes) is 1. The zero-order valence-corrected chi connectivity index (χ0v) is 19.3. The van der Waals surface area contributed by atoms with Gasteiger partial charge in [-0.25, -0.2) is 4.79 Å². The van der Waals surface area contributed by atoms with Gasteiger partial charge in [0.05, 0.1) is 0 Å². The van der Waals surface area contributed by atoms with E-state index in [2.05, 4.69) is 22.8 Å². The summed E-state index contributed by atoms with van der Waals surface area (Å²) in [5.74, 6) is -1.32. The summed E-state index contributed by atoms with van der Waals surface area (Å²) in [6.07, 6.45) is 0.369. The Morgan fingerprint density at radius 2 is 1.43 bits per heavy atom. The summed E-state index contributed by atoms with van der Waals surface area (Å²) in [6, 6.07) is 24.2. The number of nitrogens with one attached hydrogen (secondary N) is 2. The van der Waals surface area contributed by atoms with Gasteiger partial charge in [-0.1, -0.05) is 78.9 Å². The van der Waals surface area contributed by atoms with Crippen molar-refractivity contribution in [2.24, 2.45) is 0 Å². The molecule has 0 heterocycles. The Kier molecular flexibility index (Phi) is 7.77. The second-order valence-corrected chi connectivity index (χ2v) is 8.46. The van der Waals surface area contributed by atoms with Crippen LogP contribution in [0, 0.1) is 0 Å². The molecule has 0 unspecified atom stereocenters. The van der Waals surface area contributed by atoms with Gasteiger partial charge in [0.2, 0.25) is 5.91 Å². The van der Waals surface area contributed by atoms with Crippen LogP contribution in [-0.4, -0.2) is 36.2 Å². The van der Waals surface area contributed by atoms with Crippen molar-refractivity contribution in [3.63, 3.8) is 0 Å². The van der Waals surface area contributed by atoms with Crippen LogP contribution in [0.3, 0.4) is 0 Å². The summed E-state index contributed by atoms with van der Waals surface area (Å²) in [7, 11) is 0. The first-order chi connectivity index (χ1) is 17.0. The number of carbonyl (C=O) groups is 3. The molecule has 7 nitrogen and oxygen atoms in total. The Hall–Kier alpha value is -4.13. The molecular formula is C28H28N2O5. The molecule has 4 rings (SSSR count). The number of carboxylic acids is 1. The van der Waals surface area contributed by atoms with E-state index in [0.29, 0.717) is 24.9 Å². The number of benzene rings is 3. The van der Waals surface area contributed by atoms with Gasteiger partial charge in [0.25, 0.3) is 0 Å². The predicted molar refractivity (Wildman–Crippen MR) is 132 cm³/mol. The van der Waals surface area contributed by atoms with E-state index in [1.54, 1.807) is 24.3 Å². The summed E-state index contributed by atoms with van der Waals surface area (Å²) in [5, 5.41) is 14.2. The smallest absolute Gasteiger partial charge is 0.408 e. The number of hydrogen-bond donors (Lipinski definition) is 3. The molecule has 180 valence electrons. The molecular weight excluding hydrogens is 444 g/mol. The normalized spacial score (nSPS) is 12.8. The third kappa shape index (κ3) is 5.87. The van der Waals surface area contributed by atoms with E-state index in [4.69, 9.17) is 9.84 Å². The second kappa shape index (κ2) is 11.3. The van der Waals surface area contributed by atoms with Gasteiger partial charge in [-0.15, -0.1) is 0 Å². The highest BCUT2D eigenvalue weighted by atomic mass is 16.5. The number of carbonyl (C=O) groups excluding carboxylic acids is 2. The SMILES string of the molecule is O=C(O)CCCCNC(=O)[C@H](NC(=O)OCC1c2ccccc2-c2ccccc21)c1ccccc1. The zero-order valence-electron chi connectivity index (χ0n) is 19.3. The standard InChI is InChI=1S/C28H28N2O5/c31-25(32)16-8-9-17-29-27(33)26(19-10-2-1-3-11-19)30-28(34)35-18-24-22-14-6-4-12-20(22)21-13-5-7-15-23(21)24/h1-7,10-15,24,26H,8-9,16-18H2,(H,29,33)(H,30,34)(H,31,32)/t26-/m1/s1. The van der Waals surface area contributed by atoms with Gasteiger partial charge in [-0.05, 0) is 40.7 Å². The molecule has 0 radical (unpaired) electrons. The fourth-order valence-corrected chi connectivity index (χ4v) is 4.42. The minimum atomic E-state index is -0.925. The molecule has 0 aliphatic heterocycles. The summed E-state index contributed by atoms with van der Waals surface area (Å²) >= 11 is 0. The maximum atomic E-state index is 12.9. The van der Waals surface area contributed by atoms with Crippen LogP contribution in [0.5, 0.6) is 0 Å². The third-order valence-electron chi connectivity index (χ3n) is 6.12. The van der Waals surface area contributed by atoms with Crippen LogP contribution in [0.25, 0.3) is 11.1 Å². The van der Waals surface area contributed by atoms with Crippen LogP contribution in [0.1, 0.15) is 47.9 Å². The van der Waals surface area contributed by atoms with Crippen molar-refractivity contribution >= 4 is 18.0 Å². The Morgan fingerprint density at radius 1 is 0.829 bits per heavy atom. The number of carboxylic acid groups (broad SMARTS) is 1. The van der Waals surface area contributed by atoms with Crippen molar-refractivity contribution in [3.05, 3.63) is 95.6 Å². The minimum Gasteiger partial charge on any atom is -0.481 e. The lowest BCUT2D eigenvalue weighted by molar-refractivity contribution is -0.137. The van der Waals surface area contributed by atoms with E-state index in [0.717, 1.165) is 22.3 Å². The van der Waals surface area contributed by atoms with Crippen LogP contribution < -0.4 is 10.6 Å².